The zero-order valence-corrected chi connectivity index (χ0v) is 11.6. The number of hydrogen-bond acceptors (Lipinski definition) is 3. The summed E-state index contributed by atoms with van der Waals surface area (Å²) < 4.78 is 0. The minimum atomic E-state index is -0.252. The SMILES string of the molecule is CN(CCO)C(=O)NC1CC(=O)N(C(C)(C)C)C1. The molecule has 0 saturated carbocycles. The first kappa shape index (κ1) is 14.8. The summed E-state index contributed by atoms with van der Waals surface area (Å²) in [4.78, 5) is 26.7. The third-order valence-corrected chi connectivity index (χ3v) is 3.04. The quantitative estimate of drug-likeness (QED) is 0.748. The van der Waals surface area contributed by atoms with Crippen LogP contribution in [0.2, 0.25) is 0 Å². The van der Waals surface area contributed by atoms with Gasteiger partial charge in [-0.3, -0.25) is 4.79 Å². The number of urea groups is 1. The summed E-state index contributed by atoms with van der Waals surface area (Å²) in [6.07, 6.45) is 0.343. The monoisotopic (exact) mass is 257 g/mol. The highest BCUT2D eigenvalue weighted by atomic mass is 16.3. The van der Waals surface area contributed by atoms with Crippen molar-refractivity contribution in [2.75, 3.05) is 26.7 Å². The van der Waals surface area contributed by atoms with Gasteiger partial charge in [-0.1, -0.05) is 0 Å². The van der Waals surface area contributed by atoms with E-state index in [1.165, 1.54) is 4.90 Å². The van der Waals surface area contributed by atoms with Crippen LogP contribution in [0.15, 0.2) is 0 Å². The number of carbonyl (C=O) groups excluding carboxylic acids is 2. The fourth-order valence-electron chi connectivity index (χ4n) is 1.99. The second-order valence-corrected chi connectivity index (χ2v) is 5.67. The van der Waals surface area contributed by atoms with Gasteiger partial charge >= 0.3 is 6.03 Å². The van der Waals surface area contributed by atoms with Gasteiger partial charge in [0.25, 0.3) is 0 Å². The first-order chi connectivity index (χ1) is 8.25. The molecule has 0 radical (unpaired) electrons. The number of aliphatic hydroxyl groups is 1. The molecule has 1 aliphatic heterocycles. The van der Waals surface area contributed by atoms with Crippen molar-refractivity contribution in [2.24, 2.45) is 0 Å². The van der Waals surface area contributed by atoms with Crippen LogP contribution >= 0.6 is 0 Å². The van der Waals surface area contributed by atoms with E-state index in [9.17, 15) is 9.59 Å². The normalized spacial score (nSPS) is 20.2. The Morgan fingerprint density at radius 2 is 2.17 bits per heavy atom. The van der Waals surface area contributed by atoms with Gasteiger partial charge in [0, 0.05) is 32.1 Å². The molecule has 0 bridgehead atoms. The van der Waals surface area contributed by atoms with Gasteiger partial charge in [-0.2, -0.15) is 0 Å². The summed E-state index contributed by atoms with van der Waals surface area (Å²) in [5.41, 5.74) is -0.215. The lowest BCUT2D eigenvalue weighted by Gasteiger charge is -2.32. The van der Waals surface area contributed by atoms with E-state index in [-0.39, 0.29) is 36.7 Å². The van der Waals surface area contributed by atoms with Crippen molar-refractivity contribution >= 4 is 11.9 Å². The van der Waals surface area contributed by atoms with Crippen molar-refractivity contribution in [3.8, 4) is 0 Å². The summed E-state index contributed by atoms with van der Waals surface area (Å²) in [6.45, 7) is 6.70. The molecule has 1 rings (SSSR count). The van der Waals surface area contributed by atoms with Crippen LogP contribution in [0.25, 0.3) is 0 Å². The van der Waals surface area contributed by atoms with Crippen molar-refractivity contribution in [1.82, 2.24) is 15.1 Å². The van der Waals surface area contributed by atoms with E-state index in [2.05, 4.69) is 5.32 Å². The largest absolute Gasteiger partial charge is 0.395 e. The average Bonchev–Trinajstić information content (AvgIpc) is 2.59. The van der Waals surface area contributed by atoms with Crippen LogP contribution in [-0.4, -0.2) is 65.2 Å². The minimum absolute atomic E-state index is 0.0672. The van der Waals surface area contributed by atoms with Crippen LogP contribution in [0.3, 0.4) is 0 Å². The predicted octanol–water partition coefficient (Wildman–Crippen LogP) is 0.0195. The number of rotatable bonds is 3. The molecule has 1 unspecified atom stereocenters. The van der Waals surface area contributed by atoms with Crippen LogP contribution in [0.5, 0.6) is 0 Å². The number of aliphatic hydroxyl groups excluding tert-OH is 1. The van der Waals surface area contributed by atoms with E-state index >= 15 is 0 Å². The van der Waals surface area contributed by atoms with Gasteiger partial charge in [0.15, 0.2) is 0 Å². The van der Waals surface area contributed by atoms with Gasteiger partial charge < -0.3 is 20.2 Å². The molecule has 6 nitrogen and oxygen atoms in total. The van der Waals surface area contributed by atoms with Crippen molar-refractivity contribution in [1.29, 1.82) is 0 Å². The Morgan fingerprint density at radius 3 is 2.61 bits per heavy atom. The Hall–Kier alpha value is -1.30. The smallest absolute Gasteiger partial charge is 0.317 e. The number of amides is 3. The zero-order chi connectivity index (χ0) is 13.9. The number of carbonyl (C=O) groups is 2. The molecule has 0 aliphatic carbocycles. The molecule has 104 valence electrons. The second-order valence-electron chi connectivity index (χ2n) is 5.67. The summed E-state index contributed by atoms with van der Waals surface area (Å²) in [6, 6.07) is -0.400. The Balaban J connectivity index is 2.52. The highest BCUT2D eigenvalue weighted by molar-refractivity contribution is 5.82. The number of nitrogens with one attached hydrogen (secondary N) is 1. The van der Waals surface area contributed by atoms with E-state index in [0.717, 1.165) is 0 Å². The molecule has 0 aromatic carbocycles. The van der Waals surface area contributed by atoms with Crippen molar-refractivity contribution < 1.29 is 14.7 Å². The topological polar surface area (TPSA) is 72.9 Å². The molecule has 0 aromatic rings. The highest BCUT2D eigenvalue weighted by Gasteiger charge is 2.36. The summed E-state index contributed by atoms with van der Waals surface area (Å²) in [5, 5.41) is 11.6. The maximum Gasteiger partial charge on any atom is 0.317 e. The molecule has 2 N–H and O–H groups in total. The molecular weight excluding hydrogens is 234 g/mol. The zero-order valence-electron chi connectivity index (χ0n) is 11.6. The van der Waals surface area contributed by atoms with Crippen molar-refractivity contribution in [2.45, 2.75) is 38.8 Å². The average molecular weight is 257 g/mol. The van der Waals surface area contributed by atoms with E-state index in [1.54, 1.807) is 11.9 Å². The fraction of sp³-hybridized carbons (Fsp3) is 0.833. The van der Waals surface area contributed by atoms with E-state index in [1.807, 2.05) is 20.8 Å². The standard InChI is InChI=1S/C12H23N3O3/c1-12(2,3)15-8-9(7-10(15)17)13-11(18)14(4)5-6-16/h9,16H,5-8H2,1-4H3,(H,13,18). The number of hydrogen-bond donors (Lipinski definition) is 2. The first-order valence-electron chi connectivity index (χ1n) is 6.18. The third-order valence-electron chi connectivity index (χ3n) is 3.04. The summed E-state index contributed by atoms with van der Waals surface area (Å²) in [5.74, 6) is 0.0672. The van der Waals surface area contributed by atoms with Gasteiger partial charge in [0.2, 0.25) is 5.91 Å². The van der Waals surface area contributed by atoms with Crippen molar-refractivity contribution in [3.05, 3.63) is 0 Å². The lowest BCUT2D eigenvalue weighted by Crippen LogP contribution is -2.47. The molecule has 18 heavy (non-hydrogen) atoms. The molecule has 3 amide bonds. The summed E-state index contributed by atoms with van der Waals surface area (Å²) in [7, 11) is 1.61. The Kier molecular flexibility index (Phi) is 4.56. The third kappa shape index (κ3) is 3.60. The van der Waals surface area contributed by atoms with Gasteiger partial charge in [-0.15, -0.1) is 0 Å². The lowest BCUT2D eigenvalue weighted by molar-refractivity contribution is -0.131. The molecular formula is C12H23N3O3. The van der Waals surface area contributed by atoms with Gasteiger partial charge in [-0.05, 0) is 20.8 Å². The van der Waals surface area contributed by atoms with Gasteiger partial charge in [0.1, 0.15) is 0 Å². The van der Waals surface area contributed by atoms with Crippen LogP contribution in [-0.2, 0) is 4.79 Å². The molecule has 1 aliphatic rings. The van der Waals surface area contributed by atoms with E-state index < -0.39 is 0 Å². The number of likely N-dealkylation sites (N-methyl/N-ethyl adjacent to an activating group) is 1. The maximum atomic E-state index is 11.8. The molecule has 1 fully saturated rings. The molecule has 6 heteroatoms. The molecule has 0 spiro atoms. The highest BCUT2D eigenvalue weighted by Crippen LogP contribution is 2.21. The predicted molar refractivity (Wildman–Crippen MR) is 68.1 cm³/mol. The van der Waals surface area contributed by atoms with Crippen LogP contribution in [0.1, 0.15) is 27.2 Å². The second kappa shape index (κ2) is 5.56. The minimum Gasteiger partial charge on any atom is -0.395 e. The van der Waals surface area contributed by atoms with Crippen LogP contribution in [0.4, 0.5) is 4.79 Å². The van der Waals surface area contributed by atoms with E-state index in [0.29, 0.717) is 13.0 Å². The molecule has 0 aromatic heterocycles. The fourth-order valence-corrected chi connectivity index (χ4v) is 1.99. The van der Waals surface area contributed by atoms with E-state index in [4.69, 9.17) is 5.11 Å². The Morgan fingerprint density at radius 1 is 1.56 bits per heavy atom. The lowest BCUT2D eigenvalue weighted by atomic mass is 10.1. The molecule has 1 heterocycles. The number of nitrogens with zero attached hydrogens (tertiary/aromatic N) is 2. The molecule has 1 atom stereocenters. The number of likely N-dealkylation sites (tertiary alicyclic amines) is 1. The maximum absolute atomic E-state index is 11.8. The van der Waals surface area contributed by atoms with Crippen LogP contribution < -0.4 is 5.32 Å². The molecule has 1 saturated heterocycles. The van der Waals surface area contributed by atoms with Crippen molar-refractivity contribution in [3.63, 3.8) is 0 Å². The van der Waals surface area contributed by atoms with Crippen LogP contribution in [0, 0.1) is 0 Å². The van der Waals surface area contributed by atoms with Gasteiger partial charge in [-0.25, -0.2) is 4.79 Å². The van der Waals surface area contributed by atoms with Gasteiger partial charge in [0.05, 0.1) is 12.6 Å². The Bertz CT molecular complexity index is 325. The summed E-state index contributed by atoms with van der Waals surface area (Å²) >= 11 is 0. The first-order valence-corrected chi connectivity index (χ1v) is 6.18. The Labute approximate surface area is 108 Å².